The first-order chi connectivity index (χ1) is 9.06. The van der Waals surface area contributed by atoms with Gasteiger partial charge in [-0.05, 0) is 36.4 Å². The second-order valence-electron chi connectivity index (χ2n) is 4.29. The van der Waals surface area contributed by atoms with Gasteiger partial charge >= 0.3 is 0 Å². The third-order valence-electron chi connectivity index (χ3n) is 2.61. The lowest BCUT2D eigenvalue weighted by atomic mass is 10.3. The van der Waals surface area contributed by atoms with Gasteiger partial charge in [-0.3, -0.25) is 5.21 Å². The number of allylic oxidation sites excluding steroid dienone is 2. The van der Waals surface area contributed by atoms with E-state index in [2.05, 4.69) is 10.2 Å². The van der Waals surface area contributed by atoms with Crippen molar-refractivity contribution in [2.45, 2.75) is 6.17 Å². The van der Waals surface area contributed by atoms with Crippen LogP contribution in [0, 0.1) is 0 Å². The fourth-order valence-electron chi connectivity index (χ4n) is 1.55. The Balaban J connectivity index is 2.05. The van der Waals surface area contributed by atoms with Crippen LogP contribution in [0.4, 0.5) is 11.4 Å². The van der Waals surface area contributed by atoms with Crippen LogP contribution in [0.3, 0.4) is 0 Å². The van der Waals surface area contributed by atoms with E-state index in [1.807, 2.05) is 43.3 Å². The lowest BCUT2D eigenvalue weighted by Gasteiger charge is -2.19. The number of rotatable bonds is 3. The van der Waals surface area contributed by atoms with Crippen LogP contribution in [0.5, 0.6) is 0 Å². The maximum absolute atomic E-state index is 9.60. The molecule has 0 bridgehead atoms. The zero-order valence-electron chi connectivity index (χ0n) is 10.7. The first-order valence-electron chi connectivity index (χ1n) is 5.77. The molecule has 0 saturated carbocycles. The molecule has 1 aliphatic rings. The van der Waals surface area contributed by atoms with Crippen molar-refractivity contribution in [3.63, 3.8) is 0 Å². The molecule has 5 nitrogen and oxygen atoms in total. The molecule has 1 unspecified atom stereocenters. The van der Waals surface area contributed by atoms with E-state index >= 15 is 0 Å². The van der Waals surface area contributed by atoms with Crippen LogP contribution in [0.15, 0.2) is 57.9 Å². The molecule has 1 atom stereocenters. The van der Waals surface area contributed by atoms with E-state index in [0.717, 1.165) is 16.4 Å². The molecule has 0 amide bonds. The maximum atomic E-state index is 9.60. The summed E-state index contributed by atoms with van der Waals surface area (Å²) in [6.45, 7) is 0. The Hall–Kier alpha value is -1.85. The highest BCUT2D eigenvalue weighted by atomic mass is 35.5. The predicted molar refractivity (Wildman–Crippen MR) is 75.8 cm³/mol. The van der Waals surface area contributed by atoms with E-state index in [9.17, 15) is 5.21 Å². The average Bonchev–Trinajstić information content (AvgIpc) is 2.38. The summed E-state index contributed by atoms with van der Waals surface area (Å²) in [6.07, 6.45) is 4.18. The van der Waals surface area contributed by atoms with Crippen LogP contribution in [0.1, 0.15) is 0 Å². The zero-order valence-corrected chi connectivity index (χ0v) is 11.5. The first-order valence-corrected chi connectivity index (χ1v) is 6.15. The van der Waals surface area contributed by atoms with Gasteiger partial charge in [-0.15, -0.1) is 0 Å². The molecular weight excluding hydrogens is 264 g/mol. The second kappa shape index (κ2) is 5.86. The van der Waals surface area contributed by atoms with Gasteiger partial charge in [-0.2, -0.15) is 10.2 Å². The normalized spacial score (nSPS) is 18.8. The van der Waals surface area contributed by atoms with Gasteiger partial charge in [0.05, 0.1) is 10.7 Å². The van der Waals surface area contributed by atoms with Crippen molar-refractivity contribution in [2.75, 3.05) is 19.0 Å². The fraction of sp³-hybridized carbons (Fsp3) is 0.231. The Morgan fingerprint density at radius 1 is 1.26 bits per heavy atom. The van der Waals surface area contributed by atoms with Gasteiger partial charge in [0.15, 0.2) is 6.17 Å². The molecule has 2 rings (SSSR count). The summed E-state index contributed by atoms with van der Waals surface area (Å²) < 4.78 is 0. The highest BCUT2D eigenvalue weighted by molar-refractivity contribution is 6.31. The number of nitrogens with zero attached hydrogens (tertiary/aromatic N) is 4. The Labute approximate surface area is 117 Å². The molecule has 1 aromatic carbocycles. The monoisotopic (exact) mass is 278 g/mol. The second-order valence-corrected chi connectivity index (χ2v) is 4.73. The van der Waals surface area contributed by atoms with Gasteiger partial charge in [0.1, 0.15) is 0 Å². The molecule has 100 valence electrons. The molecule has 1 aliphatic heterocycles. The van der Waals surface area contributed by atoms with Crippen molar-refractivity contribution in [3.8, 4) is 0 Å². The molecule has 0 radical (unpaired) electrons. The lowest BCUT2D eigenvalue weighted by molar-refractivity contribution is -0.0651. The van der Waals surface area contributed by atoms with Gasteiger partial charge in [0.2, 0.25) is 0 Å². The van der Waals surface area contributed by atoms with E-state index in [1.54, 1.807) is 12.2 Å². The summed E-state index contributed by atoms with van der Waals surface area (Å²) in [6, 6.07) is 7.66. The van der Waals surface area contributed by atoms with E-state index in [4.69, 9.17) is 11.6 Å². The standard InChI is InChI=1S/C13H15ClN4O/c1-17(2)12-6-4-11(5-7-12)15-16-13-8-3-10(14)9-18(13)19/h3-9,13,19H,1-2H3. The van der Waals surface area contributed by atoms with Crippen molar-refractivity contribution in [1.29, 1.82) is 0 Å². The third-order valence-corrected chi connectivity index (χ3v) is 2.84. The highest BCUT2D eigenvalue weighted by Gasteiger charge is 2.13. The van der Waals surface area contributed by atoms with Crippen LogP contribution < -0.4 is 4.90 Å². The topological polar surface area (TPSA) is 51.4 Å². The predicted octanol–water partition coefficient (Wildman–Crippen LogP) is 3.50. The minimum Gasteiger partial charge on any atom is -0.378 e. The smallest absolute Gasteiger partial charge is 0.184 e. The van der Waals surface area contributed by atoms with Gasteiger partial charge in [-0.1, -0.05) is 11.6 Å². The lowest BCUT2D eigenvalue weighted by Crippen LogP contribution is -2.25. The minimum absolute atomic E-state index is 0.448. The Bertz CT molecular complexity index is 522. The van der Waals surface area contributed by atoms with Gasteiger partial charge in [-0.25, -0.2) is 5.06 Å². The molecule has 0 aliphatic carbocycles. The fourth-order valence-corrected chi connectivity index (χ4v) is 1.72. The molecular formula is C13H15ClN4O. The SMILES string of the molecule is CN(C)c1ccc(N=NC2C=CC(Cl)=CN2O)cc1. The molecule has 1 N–H and O–H groups in total. The number of hydroxylamine groups is 2. The van der Waals surface area contributed by atoms with Gasteiger partial charge in [0.25, 0.3) is 0 Å². The van der Waals surface area contributed by atoms with Crippen LogP contribution >= 0.6 is 11.6 Å². The summed E-state index contributed by atoms with van der Waals surface area (Å²) in [7, 11) is 3.95. The summed E-state index contributed by atoms with van der Waals surface area (Å²) in [5, 5.41) is 19.1. The summed E-state index contributed by atoms with van der Waals surface area (Å²) in [5.41, 5.74) is 1.82. The van der Waals surface area contributed by atoms with Crippen molar-refractivity contribution in [2.24, 2.45) is 10.2 Å². The number of benzene rings is 1. The first kappa shape index (κ1) is 13.6. The van der Waals surface area contributed by atoms with Crippen LogP contribution in [-0.2, 0) is 0 Å². The summed E-state index contributed by atoms with van der Waals surface area (Å²) in [4.78, 5) is 2.01. The molecule has 0 spiro atoms. The van der Waals surface area contributed by atoms with Crippen LogP contribution in [-0.4, -0.2) is 30.5 Å². The van der Waals surface area contributed by atoms with Crippen molar-refractivity contribution in [1.82, 2.24) is 5.06 Å². The van der Waals surface area contributed by atoms with Crippen molar-refractivity contribution in [3.05, 3.63) is 47.6 Å². The number of halogens is 1. The number of azo groups is 1. The quantitative estimate of drug-likeness (QED) is 0.861. The average molecular weight is 279 g/mol. The minimum atomic E-state index is -0.545. The summed E-state index contributed by atoms with van der Waals surface area (Å²) >= 11 is 5.74. The van der Waals surface area contributed by atoms with Crippen LogP contribution in [0.25, 0.3) is 0 Å². The Morgan fingerprint density at radius 2 is 1.95 bits per heavy atom. The molecule has 1 aromatic rings. The maximum Gasteiger partial charge on any atom is 0.184 e. The van der Waals surface area contributed by atoms with Gasteiger partial charge < -0.3 is 4.90 Å². The third kappa shape index (κ3) is 3.56. The number of anilines is 1. The largest absolute Gasteiger partial charge is 0.378 e. The Morgan fingerprint density at radius 3 is 2.53 bits per heavy atom. The van der Waals surface area contributed by atoms with E-state index in [0.29, 0.717) is 5.03 Å². The summed E-state index contributed by atoms with van der Waals surface area (Å²) in [5.74, 6) is 0. The van der Waals surface area contributed by atoms with E-state index in [-0.39, 0.29) is 0 Å². The molecule has 0 saturated heterocycles. The Kier molecular flexibility index (Phi) is 4.19. The molecule has 0 aromatic heterocycles. The molecule has 1 heterocycles. The molecule has 0 fully saturated rings. The van der Waals surface area contributed by atoms with Crippen molar-refractivity contribution < 1.29 is 5.21 Å². The van der Waals surface area contributed by atoms with Gasteiger partial charge in [0, 0.05) is 26.0 Å². The molecule has 6 heteroatoms. The zero-order chi connectivity index (χ0) is 13.8. The highest BCUT2D eigenvalue weighted by Crippen LogP contribution is 2.20. The van der Waals surface area contributed by atoms with Crippen molar-refractivity contribution >= 4 is 23.0 Å². The number of hydrogen-bond acceptors (Lipinski definition) is 5. The van der Waals surface area contributed by atoms with Crippen LogP contribution in [0.2, 0.25) is 0 Å². The van der Waals surface area contributed by atoms with E-state index in [1.165, 1.54) is 6.20 Å². The number of hydrogen-bond donors (Lipinski definition) is 1. The van der Waals surface area contributed by atoms with E-state index < -0.39 is 6.17 Å². The molecule has 19 heavy (non-hydrogen) atoms.